The van der Waals surface area contributed by atoms with Crippen molar-refractivity contribution in [1.82, 2.24) is 4.57 Å². The average molecular weight is 291 g/mol. The summed E-state index contributed by atoms with van der Waals surface area (Å²) in [6.45, 7) is 0. The Kier molecular flexibility index (Phi) is 2.25. The van der Waals surface area contributed by atoms with Crippen LogP contribution in [0.1, 0.15) is 42.2 Å². The molecule has 2 bridgehead atoms. The molecule has 2 aliphatic carbocycles. The number of hydrogen-bond donors (Lipinski definition) is 2. The van der Waals surface area contributed by atoms with Gasteiger partial charge in [0.25, 0.3) is 0 Å². The van der Waals surface area contributed by atoms with E-state index in [1.807, 2.05) is 36.4 Å². The molecular formula is C19H17NO2. The SMILES string of the molecule is Oc1c2c(c(O)n1-c1ccc3ccccc3c1)C1CCC2C1. The first kappa shape index (κ1) is 12.2. The van der Waals surface area contributed by atoms with Crippen molar-refractivity contribution in [1.29, 1.82) is 0 Å². The van der Waals surface area contributed by atoms with Crippen LogP contribution in [0.15, 0.2) is 42.5 Å². The monoisotopic (exact) mass is 291 g/mol. The third kappa shape index (κ3) is 1.41. The van der Waals surface area contributed by atoms with E-state index in [2.05, 4.69) is 6.07 Å². The van der Waals surface area contributed by atoms with E-state index < -0.39 is 0 Å². The summed E-state index contributed by atoms with van der Waals surface area (Å²) in [5.41, 5.74) is 2.80. The highest BCUT2D eigenvalue weighted by Gasteiger charge is 2.44. The molecule has 22 heavy (non-hydrogen) atoms. The number of aromatic nitrogens is 1. The largest absolute Gasteiger partial charge is 0.494 e. The summed E-state index contributed by atoms with van der Waals surface area (Å²) < 4.78 is 1.61. The molecule has 2 N–H and O–H groups in total. The first-order valence-electron chi connectivity index (χ1n) is 7.89. The molecule has 1 heterocycles. The minimum absolute atomic E-state index is 0.231. The number of rotatable bonds is 1. The van der Waals surface area contributed by atoms with Crippen LogP contribution in [0.4, 0.5) is 0 Å². The van der Waals surface area contributed by atoms with Crippen LogP contribution in [0.2, 0.25) is 0 Å². The molecular weight excluding hydrogens is 274 g/mol. The van der Waals surface area contributed by atoms with Crippen LogP contribution >= 0.6 is 0 Å². The summed E-state index contributed by atoms with van der Waals surface area (Å²) in [5, 5.41) is 23.6. The third-order valence-electron chi connectivity index (χ3n) is 5.44. The highest BCUT2D eigenvalue weighted by Crippen LogP contribution is 2.60. The van der Waals surface area contributed by atoms with Crippen molar-refractivity contribution in [2.75, 3.05) is 0 Å². The van der Waals surface area contributed by atoms with Crippen LogP contribution in [0.3, 0.4) is 0 Å². The maximum atomic E-state index is 10.7. The lowest BCUT2D eigenvalue weighted by molar-refractivity contribution is 0.395. The van der Waals surface area contributed by atoms with Crippen molar-refractivity contribution in [3.05, 3.63) is 53.6 Å². The van der Waals surface area contributed by atoms with Crippen molar-refractivity contribution >= 4 is 10.8 Å². The Morgan fingerprint density at radius 3 is 2.14 bits per heavy atom. The second-order valence-electron chi connectivity index (χ2n) is 6.55. The van der Waals surface area contributed by atoms with Gasteiger partial charge in [0.2, 0.25) is 11.8 Å². The molecule has 3 aromatic rings. The molecule has 0 radical (unpaired) electrons. The molecule has 0 spiro atoms. The molecule has 0 saturated heterocycles. The summed E-state index contributed by atoms with van der Waals surface area (Å²) in [7, 11) is 0. The number of hydrogen-bond acceptors (Lipinski definition) is 2. The van der Waals surface area contributed by atoms with Gasteiger partial charge >= 0.3 is 0 Å². The van der Waals surface area contributed by atoms with Crippen LogP contribution in [0, 0.1) is 0 Å². The van der Waals surface area contributed by atoms with Gasteiger partial charge in [0.05, 0.1) is 5.69 Å². The molecule has 1 fully saturated rings. The zero-order chi connectivity index (χ0) is 14.8. The van der Waals surface area contributed by atoms with E-state index in [4.69, 9.17) is 0 Å². The Labute approximate surface area is 128 Å². The smallest absolute Gasteiger partial charge is 0.202 e. The quantitative estimate of drug-likeness (QED) is 0.697. The third-order valence-corrected chi connectivity index (χ3v) is 5.44. The number of benzene rings is 2. The Bertz CT molecular complexity index is 876. The van der Waals surface area contributed by atoms with E-state index in [-0.39, 0.29) is 11.8 Å². The van der Waals surface area contributed by atoms with Gasteiger partial charge in [-0.1, -0.05) is 30.3 Å². The molecule has 2 unspecified atom stereocenters. The lowest BCUT2D eigenvalue weighted by Gasteiger charge is -2.10. The molecule has 0 aliphatic heterocycles. The van der Waals surface area contributed by atoms with Gasteiger partial charge in [-0.2, -0.15) is 0 Å². The molecule has 3 nitrogen and oxygen atoms in total. The van der Waals surface area contributed by atoms with Gasteiger partial charge < -0.3 is 10.2 Å². The van der Waals surface area contributed by atoms with Crippen LogP contribution in [0.5, 0.6) is 11.8 Å². The van der Waals surface area contributed by atoms with Crippen molar-refractivity contribution in [2.45, 2.75) is 31.1 Å². The van der Waals surface area contributed by atoms with Crippen LogP contribution in [-0.4, -0.2) is 14.8 Å². The summed E-state index contributed by atoms with van der Waals surface area (Å²) in [4.78, 5) is 0. The van der Waals surface area contributed by atoms with E-state index >= 15 is 0 Å². The Morgan fingerprint density at radius 2 is 1.45 bits per heavy atom. The van der Waals surface area contributed by atoms with Crippen LogP contribution < -0.4 is 0 Å². The maximum Gasteiger partial charge on any atom is 0.202 e. The van der Waals surface area contributed by atoms with E-state index in [1.165, 1.54) is 0 Å². The summed E-state index contributed by atoms with van der Waals surface area (Å²) >= 11 is 0. The molecule has 3 heteroatoms. The predicted molar refractivity (Wildman–Crippen MR) is 85.9 cm³/mol. The van der Waals surface area contributed by atoms with Crippen molar-refractivity contribution in [2.24, 2.45) is 0 Å². The number of fused-ring (bicyclic) bond motifs is 6. The van der Waals surface area contributed by atoms with Gasteiger partial charge in [0, 0.05) is 11.1 Å². The minimum atomic E-state index is 0.231. The van der Waals surface area contributed by atoms with E-state index in [1.54, 1.807) is 4.57 Å². The average Bonchev–Trinajstić information content (AvgIpc) is 3.21. The zero-order valence-electron chi connectivity index (χ0n) is 12.2. The van der Waals surface area contributed by atoms with Gasteiger partial charge in [-0.25, -0.2) is 0 Å². The first-order chi connectivity index (χ1) is 10.7. The van der Waals surface area contributed by atoms with Crippen LogP contribution in [0.25, 0.3) is 16.5 Å². The lowest BCUT2D eigenvalue weighted by atomic mass is 9.95. The highest BCUT2D eigenvalue weighted by molar-refractivity contribution is 5.84. The second-order valence-corrected chi connectivity index (χ2v) is 6.55. The molecule has 1 aromatic heterocycles. The number of nitrogens with zero attached hydrogens (tertiary/aromatic N) is 1. The van der Waals surface area contributed by atoms with Crippen molar-refractivity contribution in [3.8, 4) is 17.4 Å². The molecule has 2 aromatic carbocycles. The molecule has 2 aliphatic rings. The van der Waals surface area contributed by atoms with Gasteiger partial charge in [-0.05, 0) is 54.0 Å². The minimum Gasteiger partial charge on any atom is -0.494 e. The van der Waals surface area contributed by atoms with Gasteiger partial charge in [-0.3, -0.25) is 4.57 Å². The molecule has 5 rings (SSSR count). The fourth-order valence-corrected chi connectivity index (χ4v) is 4.45. The fraction of sp³-hybridized carbons (Fsp3) is 0.263. The van der Waals surface area contributed by atoms with E-state index in [0.717, 1.165) is 46.8 Å². The second kappa shape index (κ2) is 4.07. The van der Waals surface area contributed by atoms with Gasteiger partial charge in [-0.15, -0.1) is 0 Å². The Balaban J connectivity index is 1.75. The summed E-state index contributed by atoms with van der Waals surface area (Å²) in [5.74, 6) is 1.31. The molecule has 1 saturated carbocycles. The predicted octanol–water partition coefficient (Wildman–Crippen LogP) is 4.41. The van der Waals surface area contributed by atoms with Gasteiger partial charge in [0.15, 0.2) is 0 Å². The summed E-state index contributed by atoms with van der Waals surface area (Å²) in [6.07, 6.45) is 3.35. The van der Waals surface area contributed by atoms with Gasteiger partial charge in [0.1, 0.15) is 0 Å². The Morgan fingerprint density at radius 1 is 0.818 bits per heavy atom. The lowest BCUT2D eigenvalue weighted by Crippen LogP contribution is -1.95. The topological polar surface area (TPSA) is 45.4 Å². The maximum absolute atomic E-state index is 10.7. The zero-order valence-corrected chi connectivity index (χ0v) is 12.2. The number of aromatic hydroxyl groups is 2. The fourth-order valence-electron chi connectivity index (χ4n) is 4.45. The normalized spacial score (nSPS) is 22.4. The standard InChI is InChI=1S/C19H17NO2/c21-18-16-13-5-6-14(9-13)17(16)19(22)20(18)15-8-7-11-3-1-2-4-12(11)10-15/h1-4,7-8,10,13-14,21-22H,5-6,9H2. The Hall–Kier alpha value is -2.42. The molecule has 110 valence electrons. The summed E-state index contributed by atoms with van der Waals surface area (Å²) in [6, 6.07) is 14.1. The van der Waals surface area contributed by atoms with E-state index in [0.29, 0.717) is 11.8 Å². The highest BCUT2D eigenvalue weighted by atomic mass is 16.3. The molecule has 2 atom stereocenters. The van der Waals surface area contributed by atoms with Crippen LogP contribution in [-0.2, 0) is 0 Å². The van der Waals surface area contributed by atoms with Crippen molar-refractivity contribution in [3.63, 3.8) is 0 Å². The molecule has 0 amide bonds. The first-order valence-corrected chi connectivity index (χ1v) is 7.89. The van der Waals surface area contributed by atoms with E-state index in [9.17, 15) is 10.2 Å². The van der Waals surface area contributed by atoms with Crippen molar-refractivity contribution < 1.29 is 10.2 Å².